The van der Waals surface area contributed by atoms with E-state index in [1.807, 2.05) is 12.3 Å². The third kappa shape index (κ3) is 2.81. The van der Waals surface area contributed by atoms with E-state index in [0.29, 0.717) is 36.0 Å². The molecule has 9 heteroatoms. The summed E-state index contributed by atoms with van der Waals surface area (Å²) < 4.78 is 26.9. The molecule has 1 aliphatic heterocycles. The maximum atomic E-state index is 12.5. The van der Waals surface area contributed by atoms with Gasteiger partial charge in [0.1, 0.15) is 10.0 Å². The van der Waals surface area contributed by atoms with Crippen molar-refractivity contribution in [3.8, 4) is 0 Å². The molecule has 2 N–H and O–H groups in total. The van der Waals surface area contributed by atoms with Gasteiger partial charge in [0.25, 0.3) is 10.0 Å². The summed E-state index contributed by atoms with van der Waals surface area (Å²) in [5.74, 6) is 0.712. The first-order valence-electron chi connectivity index (χ1n) is 6.66. The highest BCUT2D eigenvalue weighted by atomic mass is 32.2. The fraction of sp³-hybridized carbons (Fsp3) is 0.500. The van der Waals surface area contributed by atoms with E-state index < -0.39 is 10.0 Å². The zero-order valence-corrected chi connectivity index (χ0v) is 13.1. The molecule has 0 atom stereocenters. The smallest absolute Gasteiger partial charge is 0.293 e. The Balaban J connectivity index is 1.72. The van der Waals surface area contributed by atoms with Gasteiger partial charge in [0.15, 0.2) is 0 Å². The van der Waals surface area contributed by atoms with Gasteiger partial charge in [0, 0.05) is 19.0 Å². The Morgan fingerprint density at radius 2 is 2.10 bits per heavy atom. The monoisotopic (exact) mass is 328 g/mol. The number of hydrogen-bond acceptors (Lipinski definition) is 5. The lowest BCUT2D eigenvalue weighted by molar-refractivity contribution is 0.314. The van der Waals surface area contributed by atoms with E-state index in [4.69, 9.17) is 0 Å². The minimum atomic E-state index is -3.39. The lowest BCUT2D eigenvalue weighted by atomic mass is 9.98. The van der Waals surface area contributed by atoms with Crippen LogP contribution in [0.15, 0.2) is 20.5 Å². The van der Waals surface area contributed by atoms with Crippen LogP contribution in [0.4, 0.5) is 0 Å². The number of aromatic amines is 2. The van der Waals surface area contributed by atoms with Crippen LogP contribution >= 0.6 is 11.3 Å². The summed E-state index contributed by atoms with van der Waals surface area (Å²) in [6.45, 7) is 2.77. The van der Waals surface area contributed by atoms with Gasteiger partial charge in [-0.15, -0.1) is 11.3 Å². The Kier molecular flexibility index (Phi) is 3.72. The topological polar surface area (TPSA) is 98.9 Å². The van der Waals surface area contributed by atoms with Crippen molar-refractivity contribution in [3.63, 3.8) is 0 Å². The lowest BCUT2D eigenvalue weighted by Gasteiger charge is -2.29. The number of rotatable bonds is 3. The molecular weight excluding hydrogens is 312 g/mol. The van der Waals surface area contributed by atoms with E-state index in [0.717, 1.165) is 5.56 Å². The van der Waals surface area contributed by atoms with Crippen molar-refractivity contribution >= 4 is 21.4 Å². The first-order valence-corrected chi connectivity index (χ1v) is 8.98. The Bertz CT molecular complexity index is 781. The maximum Gasteiger partial charge on any atom is 0.340 e. The number of nitrogens with one attached hydrogen (secondary N) is 2. The van der Waals surface area contributed by atoms with Gasteiger partial charge in [-0.25, -0.2) is 18.3 Å². The molecule has 0 bridgehead atoms. The lowest BCUT2D eigenvalue weighted by Crippen LogP contribution is -2.37. The highest BCUT2D eigenvalue weighted by molar-refractivity contribution is 7.91. The molecule has 114 valence electrons. The van der Waals surface area contributed by atoms with Gasteiger partial charge >= 0.3 is 5.69 Å². The van der Waals surface area contributed by atoms with Gasteiger partial charge in [-0.3, -0.25) is 4.98 Å². The van der Waals surface area contributed by atoms with Crippen molar-refractivity contribution < 1.29 is 8.42 Å². The third-order valence-electron chi connectivity index (χ3n) is 3.66. The van der Waals surface area contributed by atoms with E-state index in [1.165, 1.54) is 15.6 Å². The van der Waals surface area contributed by atoms with E-state index in [9.17, 15) is 13.2 Å². The molecule has 0 saturated carbocycles. The number of nitrogens with zero attached hydrogens (tertiary/aromatic N) is 2. The molecule has 1 fully saturated rings. The molecule has 1 saturated heterocycles. The number of H-pyrrole nitrogens is 2. The molecule has 1 aliphatic rings. The second-order valence-electron chi connectivity index (χ2n) is 5.18. The Hall–Kier alpha value is -1.45. The van der Waals surface area contributed by atoms with Gasteiger partial charge in [-0.1, -0.05) is 0 Å². The largest absolute Gasteiger partial charge is 0.340 e. The summed E-state index contributed by atoms with van der Waals surface area (Å²) in [7, 11) is -3.39. The number of hydrogen-bond donors (Lipinski definition) is 2. The summed E-state index contributed by atoms with van der Waals surface area (Å²) >= 11 is 1.26. The third-order valence-corrected chi connectivity index (χ3v) is 7.09. The van der Waals surface area contributed by atoms with Crippen LogP contribution in [0.2, 0.25) is 0 Å². The quantitative estimate of drug-likeness (QED) is 0.879. The zero-order chi connectivity index (χ0) is 15.0. The van der Waals surface area contributed by atoms with Crippen molar-refractivity contribution in [2.24, 2.45) is 0 Å². The summed E-state index contributed by atoms with van der Waals surface area (Å²) in [6.07, 6.45) is 1.31. The SMILES string of the molecule is Cc1csc(S(=O)(=O)N2CCC(c3n[nH]c(=O)[nH]3)CC2)c1. The molecule has 2 aromatic heterocycles. The molecule has 0 amide bonds. The van der Waals surface area contributed by atoms with Crippen LogP contribution in [-0.4, -0.2) is 41.0 Å². The van der Waals surface area contributed by atoms with Crippen LogP contribution < -0.4 is 5.69 Å². The van der Waals surface area contributed by atoms with Crippen LogP contribution in [0.3, 0.4) is 0 Å². The predicted molar refractivity (Wildman–Crippen MR) is 79.0 cm³/mol. The van der Waals surface area contributed by atoms with E-state index >= 15 is 0 Å². The number of thiophene rings is 1. The van der Waals surface area contributed by atoms with Gasteiger partial charge < -0.3 is 0 Å². The van der Waals surface area contributed by atoms with E-state index in [1.54, 1.807) is 6.07 Å². The molecule has 0 aromatic carbocycles. The van der Waals surface area contributed by atoms with Gasteiger partial charge in [0.05, 0.1) is 0 Å². The average molecular weight is 328 g/mol. The molecule has 0 unspecified atom stereocenters. The number of piperidine rings is 1. The molecule has 3 rings (SSSR count). The van der Waals surface area contributed by atoms with Crippen LogP contribution in [0.1, 0.15) is 30.1 Å². The first kappa shape index (κ1) is 14.5. The van der Waals surface area contributed by atoms with Crippen molar-refractivity contribution in [1.82, 2.24) is 19.5 Å². The maximum absolute atomic E-state index is 12.5. The second-order valence-corrected chi connectivity index (χ2v) is 8.26. The molecule has 0 radical (unpaired) electrons. The molecule has 7 nitrogen and oxygen atoms in total. The second kappa shape index (κ2) is 5.39. The van der Waals surface area contributed by atoms with Crippen molar-refractivity contribution in [1.29, 1.82) is 0 Å². The Labute approximate surface area is 126 Å². The summed E-state index contributed by atoms with van der Waals surface area (Å²) in [5.41, 5.74) is 0.636. The minimum Gasteiger partial charge on any atom is -0.293 e. The first-order chi connectivity index (χ1) is 9.96. The number of aromatic nitrogens is 3. The fourth-order valence-electron chi connectivity index (χ4n) is 2.51. The van der Waals surface area contributed by atoms with Crippen LogP contribution in [0, 0.1) is 6.92 Å². The molecule has 2 aromatic rings. The standard InChI is InChI=1S/C12H16N4O3S2/c1-8-6-10(20-7-8)21(18,19)16-4-2-9(3-5-16)11-13-12(17)15-14-11/h6-7,9H,2-5H2,1H3,(H2,13,14,15,17). The van der Waals surface area contributed by atoms with Crippen LogP contribution in [-0.2, 0) is 10.0 Å². The molecule has 21 heavy (non-hydrogen) atoms. The zero-order valence-electron chi connectivity index (χ0n) is 11.5. The normalized spacial score (nSPS) is 18.1. The fourth-order valence-corrected chi connectivity index (χ4v) is 5.37. The molecule has 3 heterocycles. The average Bonchev–Trinajstić information content (AvgIpc) is 3.08. The van der Waals surface area contributed by atoms with Gasteiger partial charge in [-0.2, -0.15) is 9.40 Å². The number of aryl methyl sites for hydroxylation is 1. The van der Waals surface area contributed by atoms with Crippen LogP contribution in [0.5, 0.6) is 0 Å². The van der Waals surface area contributed by atoms with Gasteiger partial charge in [-0.05, 0) is 36.8 Å². The Morgan fingerprint density at radius 3 is 2.62 bits per heavy atom. The van der Waals surface area contributed by atoms with Crippen molar-refractivity contribution in [2.45, 2.75) is 29.9 Å². The summed E-state index contributed by atoms with van der Waals surface area (Å²) in [6, 6.07) is 1.71. The molecule has 0 spiro atoms. The Morgan fingerprint density at radius 1 is 1.38 bits per heavy atom. The molecular formula is C12H16N4O3S2. The highest BCUT2D eigenvalue weighted by Gasteiger charge is 2.31. The molecule has 0 aliphatic carbocycles. The predicted octanol–water partition coefficient (Wildman–Crippen LogP) is 1.04. The van der Waals surface area contributed by atoms with Crippen molar-refractivity contribution in [3.05, 3.63) is 33.3 Å². The van der Waals surface area contributed by atoms with E-state index in [-0.39, 0.29) is 11.6 Å². The summed E-state index contributed by atoms with van der Waals surface area (Å²) in [5, 5.41) is 8.12. The highest BCUT2D eigenvalue weighted by Crippen LogP contribution is 2.30. The van der Waals surface area contributed by atoms with Gasteiger partial charge in [0.2, 0.25) is 0 Å². The van der Waals surface area contributed by atoms with Crippen molar-refractivity contribution in [2.75, 3.05) is 13.1 Å². The van der Waals surface area contributed by atoms with E-state index in [2.05, 4.69) is 15.2 Å². The van der Waals surface area contributed by atoms with Crippen LogP contribution in [0.25, 0.3) is 0 Å². The minimum absolute atomic E-state index is 0.0977. The number of sulfonamides is 1. The summed E-state index contributed by atoms with van der Waals surface area (Å²) in [4.78, 5) is 13.7.